The Kier molecular flexibility index (Phi) is 4.77. The first-order chi connectivity index (χ1) is 9.97. The van der Waals surface area contributed by atoms with E-state index in [1.165, 1.54) is 0 Å². The van der Waals surface area contributed by atoms with Crippen molar-refractivity contribution in [3.8, 4) is 0 Å². The number of imide groups is 1. The Labute approximate surface area is 121 Å². The summed E-state index contributed by atoms with van der Waals surface area (Å²) in [6.07, 6.45) is 2.78. The van der Waals surface area contributed by atoms with Gasteiger partial charge >= 0.3 is 12.0 Å². The van der Waals surface area contributed by atoms with Gasteiger partial charge < -0.3 is 15.7 Å². The predicted octanol–water partition coefficient (Wildman–Crippen LogP) is -0.455. The molecule has 1 saturated carbocycles. The first-order valence-corrected chi connectivity index (χ1v) is 7.05. The molecule has 0 bridgehead atoms. The van der Waals surface area contributed by atoms with Crippen molar-refractivity contribution < 1.29 is 24.3 Å². The number of nitrogens with one attached hydrogen (secondary N) is 2. The van der Waals surface area contributed by atoms with E-state index in [9.17, 15) is 19.2 Å². The maximum Gasteiger partial charge on any atom is 0.325 e. The van der Waals surface area contributed by atoms with Gasteiger partial charge in [0.1, 0.15) is 6.54 Å². The summed E-state index contributed by atoms with van der Waals surface area (Å²) >= 11 is 0. The molecule has 1 saturated heterocycles. The van der Waals surface area contributed by atoms with Crippen LogP contribution in [0.3, 0.4) is 0 Å². The zero-order valence-electron chi connectivity index (χ0n) is 11.6. The van der Waals surface area contributed by atoms with Gasteiger partial charge in [0.05, 0.1) is 12.5 Å². The van der Waals surface area contributed by atoms with Crippen LogP contribution in [0.4, 0.5) is 4.79 Å². The van der Waals surface area contributed by atoms with Gasteiger partial charge in [-0.25, -0.2) is 4.79 Å². The van der Waals surface area contributed by atoms with E-state index in [0.29, 0.717) is 19.4 Å². The van der Waals surface area contributed by atoms with Gasteiger partial charge in [-0.3, -0.25) is 19.3 Å². The molecule has 2 rings (SSSR count). The van der Waals surface area contributed by atoms with Crippen molar-refractivity contribution in [3.63, 3.8) is 0 Å². The molecule has 0 aromatic heterocycles. The largest absolute Gasteiger partial charge is 0.481 e. The van der Waals surface area contributed by atoms with Crippen molar-refractivity contribution in [2.75, 3.05) is 19.6 Å². The number of rotatable bonds is 5. The maximum atomic E-state index is 11.7. The summed E-state index contributed by atoms with van der Waals surface area (Å²) in [6.45, 7) is 0.120. The molecule has 1 aliphatic heterocycles. The van der Waals surface area contributed by atoms with E-state index in [1.807, 2.05) is 0 Å². The van der Waals surface area contributed by atoms with Crippen LogP contribution >= 0.6 is 0 Å². The van der Waals surface area contributed by atoms with E-state index in [2.05, 4.69) is 10.6 Å². The summed E-state index contributed by atoms with van der Waals surface area (Å²) in [6, 6.07) is -0.544. The molecular weight excluding hydrogens is 278 g/mol. The molecule has 4 amide bonds. The Morgan fingerprint density at radius 1 is 1.24 bits per heavy atom. The minimum atomic E-state index is -0.754. The zero-order chi connectivity index (χ0) is 15.4. The lowest BCUT2D eigenvalue weighted by Gasteiger charge is -2.26. The first kappa shape index (κ1) is 15.3. The summed E-state index contributed by atoms with van der Waals surface area (Å²) < 4.78 is 0. The highest BCUT2D eigenvalue weighted by molar-refractivity contribution is 6.04. The third kappa shape index (κ3) is 3.93. The van der Waals surface area contributed by atoms with Crippen molar-refractivity contribution in [3.05, 3.63) is 0 Å². The number of carboxylic acids is 1. The minimum absolute atomic E-state index is 0.0642. The number of urea groups is 1. The van der Waals surface area contributed by atoms with E-state index >= 15 is 0 Å². The lowest BCUT2D eigenvalue weighted by molar-refractivity contribution is -0.143. The molecule has 0 spiro atoms. The van der Waals surface area contributed by atoms with Crippen LogP contribution in [0.15, 0.2) is 0 Å². The molecule has 1 aliphatic carbocycles. The molecule has 0 atom stereocenters. The molecule has 116 valence electrons. The number of carboxylic acid groups (broad SMARTS) is 1. The zero-order valence-corrected chi connectivity index (χ0v) is 11.6. The van der Waals surface area contributed by atoms with Gasteiger partial charge in [-0.15, -0.1) is 0 Å². The molecule has 0 unspecified atom stereocenters. The van der Waals surface area contributed by atoms with Crippen molar-refractivity contribution in [2.24, 2.45) is 11.8 Å². The third-order valence-electron chi connectivity index (χ3n) is 4.02. The molecule has 21 heavy (non-hydrogen) atoms. The van der Waals surface area contributed by atoms with E-state index in [0.717, 1.165) is 17.7 Å². The summed E-state index contributed by atoms with van der Waals surface area (Å²) in [5.41, 5.74) is 0. The van der Waals surface area contributed by atoms with E-state index < -0.39 is 17.9 Å². The number of aliphatic carboxylic acids is 1. The molecule has 8 heteroatoms. The standard InChI is InChI=1S/C13H19N3O5/c17-10(7-16-11(18)6-15-13(16)21)14-5-8-1-3-9(4-2-8)12(19)20/h8-9H,1-7H2,(H,14,17)(H,15,21)(H,19,20). The van der Waals surface area contributed by atoms with Crippen LogP contribution in [-0.2, 0) is 14.4 Å². The number of amides is 4. The average molecular weight is 297 g/mol. The highest BCUT2D eigenvalue weighted by atomic mass is 16.4. The molecule has 8 nitrogen and oxygen atoms in total. The molecule has 3 N–H and O–H groups in total. The topological polar surface area (TPSA) is 116 Å². The molecular formula is C13H19N3O5. The van der Waals surface area contributed by atoms with Crippen LogP contribution in [0, 0.1) is 11.8 Å². The second-order valence-electron chi connectivity index (χ2n) is 5.50. The van der Waals surface area contributed by atoms with Crippen LogP contribution in [-0.4, -0.2) is 53.5 Å². The van der Waals surface area contributed by atoms with Crippen molar-refractivity contribution in [1.82, 2.24) is 15.5 Å². The van der Waals surface area contributed by atoms with Gasteiger partial charge in [0.15, 0.2) is 0 Å². The number of hydrogen-bond acceptors (Lipinski definition) is 4. The second-order valence-corrected chi connectivity index (χ2v) is 5.50. The van der Waals surface area contributed by atoms with E-state index in [4.69, 9.17) is 5.11 Å². The van der Waals surface area contributed by atoms with Crippen LogP contribution in [0.5, 0.6) is 0 Å². The lowest BCUT2D eigenvalue weighted by atomic mass is 9.82. The summed E-state index contributed by atoms with van der Waals surface area (Å²) in [4.78, 5) is 46.1. The van der Waals surface area contributed by atoms with Crippen molar-refractivity contribution in [1.29, 1.82) is 0 Å². The fraction of sp³-hybridized carbons (Fsp3) is 0.692. The monoisotopic (exact) mass is 297 g/mol. The quantitative estimate of drug-likeness (QED) is 0.594. The van der Waals surface area contributed by atoms with Gasteiger partial charge in [0.25, 0.3) is 5.91 Å². The van der Waals surface area contributed by atoms with Gasteiger partial charge in [0.2, 0.25) is 5.91 Å². The lowest BCUT2D eigenvalue weighted by Crippen LogP contribution is -2.42. The smallest absolute Gasteiger partial charge is 0.325 e. The first-order valence-electron chi connectivity index (χ1n) is 7.05. The van der Waals surface area contributed by atoms with Gasteiger partial charge in [-0.1, -0.05) is 0 Å². The minimum Gasteiger partial charge on any atom is -0.481 e. The molecule has 2 aliphatic rings. The molecule has 1 heterocycles. The van der Waals surface area contributed by atoms with Crippen molar-refractivity contribution >= 4 is 23.8 Å². The van der Waals surface area contributed by atoms with Crippen LogP contribution < -0.4 is 10.6 Å². The Morgan fingerprint density at radius 3 is 2.43 bits per heavy atom. The van der Waals surface area contributed by atoms with E-state index in [1.54, 1.807) is 0 Å². The number of nitrogens with zero attached hydrogens (tertiary/aromatic N) is 1. The van der Waals surface area contributed by atoms with Gasteiger partial charge in [0, 0.05) is 6.54 Å². The fourth-order valence-electron chi connectivity index (χ4n) is 2.69. The number of carbonyl (C=O) groups excluding carboxylic acids is 3. The third-order valence-corrected chi connectivity index (χ3v) is 4.02. The Morgan fingerprint density at radius 2 is 1.90 bits per heavy atom. The van der Waals surface area contributed by atoms with Crippen LogP contribution in [0.25, 0.3) is 0 Å². The Bertz CT molecular complexity index is 441. The molecule has 0 aromatic carbocycles. The summed E-state index contributed by atoms with van der Waals surface area (Å²) in [5, 5.41) is 14.0. The molecule has 0 aromatic rings. The van der Waals surface area contributed by atoms with Gasteiger partial charge in [-0.2, -0.15) is 0 Å². The number of hydrogen-bond donors (Lipinski definition) is 3. The SMILES string of the molecule is O=C(CN1C(=O)CNC1=O)NCC1CCC(C(=O)O)CC1. The van der Waals surface area contributed by atoms with Crippen molar-refractivity contribution in [2.45, 2.75) is 25.7 Å². The normalized spacial score (nSPS) is 25.6. The van der Waals surface area contributed by atoms with Gasteiger partial charge in [-0.05, 0) is 31.6 Å². The fourth-order valence-corrected chi connectivity index (χ4v) is 2.69. The highest BCUT2D eigenvalue weighted by Crippen LogP contribution is 2.28. The number of carbonyl (C=O) groups is 4. The summed E-state index contributed by atoms with van der Waals surface area (Å²) in [7, 11) is 0. The molecule has 0 radical (unpaired) electrons. The average Bonchev–Trinajstić information content (AvgIpc) is 2.77. The second kappa shape index (κ2) is 6.55. The highest BCUT2D eigenvalue weighted by Gasteiger charge is 2.30. The Hall–Kier alpha value is -2.12. The predicted molar refractivity (Wildman–Crippen MR) is 71.2 cm³/mol. The van der Waals surface area contributed by atoms with Crippen LogP contribution in [0.2, 0.25) is 0 Å². The van der Waals surface area contributed by atoms with E-state index in [-0.39, 0.29) is 30.8 Å². The molecule has 2 fully saturated rings. The maximum absolute atomic E-state index is 11.7. The summed E-state index contributed by atoms with van der Waals surface area (Å²) in [5.74, 6) is -1.55. The van der Waals surface area contributed by atoms with Crippen LogP contribution in [0.1, 0.15) is 25.7 Å². The Balaban J connectivity index is 1.69.